The van der Waals surface area contributed by atoms with Crippen molar-refractivity contribution in [3.8, 4) is 5.75 Å². The minimum absolute atomic E-state index is 0.00128. The van der Waals surface area contributed by atoms with Crippen LogP contribution in [0.25, 0.3) is 10.9 Å². The van der Waals surface area contributed by atoms with Gasteiger partial charge in [-0.05, 0) is 24.3 Å². The Morgan fingerprint density at radius 2 is 1.76 bits per heavy atom. The van der Waals surface area contributed by atoms with E-state index in [0.717, 1.165) is 4.90 Å². The van der Waals surface area contributed by atoms with E-state index in [1.165, 1.54) is 16.3 Å². The summed E-state index contributed by atoms with van der Waals surface area (Å²) in [6, 6.07) is 14.5. The maximum atomic E-state index is 12.5. The fourth-order valence-electron chi connectivity index (χ4n) is 2.18. The molecule has 0 fully saturated rings. The van der Waals surface area contributed by atoms with Crippen molar-refractivity contribution in [2.75, 3.05) is 0 Å². The molecule has 2 aromatic carbocycles. The van der Waals surface area contributed by atoms with Gasteiger partial charge in [-0.1, -0.05) is 47.6 Å². The Bertz CT molecular complexity index is 889. The third kappa shape index (κ3) is 2.41. The molecule has 0 radical (unpaired) electrons. The van der Waals surface area contributed by atoms with Crippen molar-refractivity contribution in [1.82, 2.24) is 4.57 Å². The minimum atomic E-state index is -0.240. The van der Waals surface area contributed by atoms with Crippen molar-refractivity contribution in [2.24, 2.45) is 7.05 Å². The molecule has 0 saturated heterocycles. The third-order valence-electron chi connectivity index (χ3n) is 3.28. The van der Waals surface area contributed by atoms with Crippen LogP contribution in [0.3, 0.4) is 0 Å². The van der Waals surface area contributed by atoms with Crippen molar-refractivity contribution in [3.05, 3.63) is 63.9 Å². The van der Waals surface area contributed by atoms with E-state index in [2.05, 4.69) is 0 Å². The average Bonchev–Trinajstić information content (AvgIpc) is 2.51. The summed E-state index contributed by atoms with van der Waals surface area (Å²) in [5.74, 6) is -0.00128. The third-order valence-corrected chi connectivity index (χ3v) is 4.87. The highest BCUT2D eigenvalue weighted by Gasteiger charge is 2.16. The smallest absolute Gasteiger partial charge is 0.268 e. The minimum Gasteiger partial charge on any atom is -0.506 e. The molecule has 0 spiro atoms. The molecule has 21 heavy (non-hydrogen) atoms. The van der Waals surface area contributed by atoms with E-state index in [4.69, 9.17) is 11.6 Å². The SMILES string of the molecule is Cn1c(=O)c(Sc2ccccc2Cl)c(O)c2ccccc21. The van der Waals surface area contributed by atoms with Gasteiger partial charge in [0, 0.05) is 17.3 Å². The van der Waals surface area contributed by atoms with E-state index in [9.17, 15) is 9.90 Å². The lowest BCUT2D eigenvalue weighted by Gasteiger charge is -2.11. The average molecular weight is 318 g/mol. The number of hydrogen-bond acceptors (Lipinski definition) is 3. The first-order valence-corrected chi connectivity index (χ1v) is 7.52. The summed E-state index contributed by atoms with van der Waals surface area (Å²) < 4.78 is 1.54. The molecule has 1 heterocycles. The molecule has 0 bridgehead atoms. The second-order valence-electron chi connectivity index (χ2n) is 4.59. The summed E-state index contributed by atoms with van der Waals surface area (Å²) in [6.45, 7) is 0. The van der Waals surface area contributed by atoms with Crippen molar-refractivity contribution in [2.45, 2.75) is 9.79 Å². The molecule has 0 aliphatic heterocycles. The lowest BCUT2D eigenvalue weighted by Crippen LogP contribution is -2.18. The molecular formula is C16H12ClNO2S. The van der Waals surface area contributed by atoms with Crippen molar-refractivity contribution in [1.29, 1.82) is 0 Å². The summed E-state index contributed by atoms with van der Waals surface area (Å²) in [5.41, 5.74) is 0.458. The predicted octanol–water partition coefficient (Wildman–Crippen LogP) is 4.05. The molecule has 0 aliphatic rings. The molecule has 0 aliphatic carbocycles. The number of aromatic nitrogens is 1. The van der Waals surface area contributed by atoms with Gasteiger partial charge in [0.2, 0.25) is 0 Å². The molecule has 3 nitrogen and oxygen atoms in total. The van der Waals surface area contributed by atoms with E-state index in [1.807, 2.05) is 30.3 Å². The summed E-state index contributed by atoms with van der Waals surface area (Å²) in [6.07, 6.45) is 0. The normalized spacial score (nSPS) is 11.0. The number of nitrogens with zero attached hydrogens (tertiary/aromatic N) is 1. The van der Waals surface area contributed by atoms with Gasteiger partial charge in [-0.3, -0.25) is 4.79 Å². The van der Waals surface area contributed by atoms with Crippen LogP contribution in [-0.2, 0) is 7.05 Å². The highest BCUT2D eigenvalue weighted by Crippen LogP contribution is 2.38. The van der Waals surface area contributed by atoms with E-state index in [-0.39, 0.29) is 16.2 Å². The van der Waals surface area contributed by atoms with Crippen LogP contribution in [0.1, 0.15) is 0 Å². The molecule has 1 aromatic heterocycles. The van der Waals surface area contributed by atoms with Gasteiger partial charge in [0.05, 0.1) is 10.5 Å². The Morgan fingerprint density at radius 3 is 2.52 bits per heavy atom. The van der Waals surface area contributed by atoms with Crippen molar-refractivity contribution >= 4 is 34.3 Å². The zero-order valence-corrected chi connectivity index (χ0v) is 12.8. The zero-order chi connectivity index (χ0) is 15.0. The Balaban J connectivity index is 2.24. The summed E-state index contributed by atoms with van der Waals surface area (Å²) >= 11 is 7.31. The summed E-state index contributed by atoms with van der Waals surface area (Å²) in [7, 11) is 1.70. The van der Waals surface area contributed by atoms with Gasteiger partial charge < -0.3 is 9.67 Å². The maximum absolute atomic E-state index is 12.5. The number of aromatic hydroxyl groups is 1. The van der Waals surface area contributed by atoms with E-state index >= 15 is 0 Å². The number of rotatable bonds is 2. The Morgan fingerprint density at radius 1 is 1.10 bits per heavy atom. The van der Waals surface area contributed by atoms with E-state index in [0.29, 0.717) is 15.9 Å². The number of aryl methyl sites for hydroxylation is 1. The lowest BCUT2D eigenvalue weighted by molar-refractivity contribution is 0.465. The number of fused-ring (bicyclic) bond motifs is 1. The molecule has 0 unspecified atom stereocenters. The predicted molar refractivity (Wildman–Crippen MR) is 86.4 cm³/mol. The highest BCUT2D eigenvalue weighted by molar-refractivity contribution is 7.99. The topological polar surface area (TPSA) is 42.2 Å². The Labute approximate surface area is 130 Å². The monoisotopic (exact) mass is 317 g/mol. The van der Waals surface area contributed by atoms with Crippen molar-refractivity contribution < 1.29 is 5.11 Å². The van der Waals surface area contributed by atoms with Gasteiger partial charge in [0.1, 0.15) is 10.6 Å². The quantitative estimate of drug-likeness (QED) is 0.775. The summed E-state index contributed by atoms with van der Waals surface area (Å²) in [4.78, 5) is 13.5. The first kappa shape index (κ1) is 14.0. The first-order valence-electron chi connectivity index (χ1n) is 6.32. The standard InChI is InChI=1S/C16H12ClNO2S/c1-18-12-8-4-2-6-10(12)14(19)15(16(18)20)21-13-9-5-3-7-11(13)17/h2-9,19H,1H3. The number of pyridine rings is 1. The van der Waals surface area contributed by atoms with Crippen LogP contribution in [0.4, 0.5) is 0 Å². The van der Waals surface area contributed by atoms with Gasteiger partial charge in [-0.25, -0.2) is 0 Å². The van der Waals surface area contributed by atoms with E-state index < -0.39 is 0 Å². The number of benzene rings is 2. The van der Waals surface area contributed by atoms with Gasteiger partial charge >= 0.3 is 0 Å². The van der Waals surface area contributed by atoms with Crippen LogP contribution in [0.5, 0.6) is 5.75 Å². The molecule has 3 rings (SSSR count). The highest BCUT2D eigenvalue weighted by atomic mass is 35.5. The van der Waals surface area contributed by atoms with Crippen LogP contribution < -0.4 is 5.56 Å². The zero-order valence-electron chi connectivity index (χ0n) is 11.2. The molecular weight excluding hydrogens is 306 g/mol. The fourth-order valence-corrected chi connectivity index (χ4v) is 3.40. The number of hydrogen-bond donors (Lipinski definition) is 1. The number of halogens is 1. The van der Waals surface area contributed by atoms with Gasteiger partial charge in [-0.2, -0.15) is 0 Å². The second kappa shape index (κ2) is 5.47. The second-order valence-corrected chi connectivity index (χ2v) is 6.05. The Kier molecular flexibility index (Phi) is 3.66. The molecule has 5 heteroatoms. The summed E-state index contributed by atoms with van der Waals surface area (Å²) in [5, 5.41) is 11.6. The van der Waals surface area contributed by atoms with Crippen LogP contribution in [0, 0.1) is 0 Å². The molecule has 0 saturated carbocycles. The van der Waals surface area contributed by atoms with Gasteiger partial charge in [-0.15, -0.1) is 0 Å². The molecule has 0 amide bonds. The molecule has 106 valence electrons. The number of para-hydroxylation sites is 1. The largest absolute Gasteiger partial charge is 0.506 e. The van der Waals surface area contributed by atoms with Crippen LogP contribution in [0.15, 0.2) is 63.1 Å². The maximum Gasteiger partial charge on any atom is 0.268 e. The molecule has 0 atom stereocenters. The first-order chi connectivity index (χ1) is 10.1. The van der Waals surface area contributed by atoms with Crippen molar-refractivity contribution in [3.63, 3.8) is 0 Å². The van der Waals surface area contributed by atoms with Crippen LogP contribution in [0.2, 0.25) is 5.02 Å². The van der Waals surface area contributed by atoms with Crippen LogP contribution in [-0.4, -0.2) is 9.67 Å². The van der Waals surface area contributed by atoms with Crippen LogP contribution >= 0.6 is 23.4 Å². The fraction of sp³-hybridized carbons (Fsp3) is 0.0625. The van der Waals surface area contributed by atoms with E-state index in [1.54, 1.807) is 25.2 Å². The van der Waals surface area contributed by atoms with Gasteiger partial charge in [0.25, 0.3) is 5.56 Å². The molecule has 1 N–H and O–H groups in total. The Hall–Kier alpha value is -1.91. The molecule has 3 aromatic rings. The van der Waals surface area contributed by atoms with Gasteiger partial charge in [0.15, 0.2) is 0 Å². The lowest BCUT2D eigenvalue weighted by atomic mass is 10.2.